The van der Waals surface area contributed by atoms with Crippen LogP contribution in [0, 0.1) is 0 Å². The number of benzene rings is 1. The van der Waals surface area contributed by atoms with Gasteiger partial charge in [-0.3, -0.25) is 0 Å². The molecule has 2 heterocycles. The lowest BCUT2D eigenvalue weighted by molar-refractivity contribution is 0.414. The van der Waals surface area contributed by atoms with E-state index in [0.717, 1.165) is 21.4 Å². The fraction of sp³-hybridized carbons (Fsp3) is 0.357. The summed E-state index contributed by atoms with van der Waals surface area (Å²) in [6, 6.07) is 7.83. The van der Waals surface area contributed by atoms with E-state index in [1.165, 1.54) is 24.3 Å². The van der Waals surface area contributed by atoms with Crippen molar-refractivity contribution in [2.75, 3.05) is 0 Å². The van der Waals surface area contributed by atoms with Gasteiger partial charge in [-0.2, -0.15) is 9.61 Å². The lowest BCUT2D eigenvalue weighted by Gasteiger charge is -2.21. The van der Waals surface area contributed by atoms with Crippen LogP contribution in [0.4, 0.5) is 0 Å². The highest BCUT2D eigenvalue weighted by Crippen LogP contribution is 2.38. The minimum absolute atomic E-state index is 0.634. The van der Waals surface area contributed by atoms with Crippen molar-refractivity contribution in [2.24, 2.45) is 0 Å². The van der Waals surface area contributed by atoms with Crippen LogP contribution in [0.2, 0.25) is 5.02 Å². The van der Waals surface area contributed by atoms with E-state index in [4.69, 9.17) is 11.6 Å². The Morgan fingerprint density at radius 1 is 1.25 bits per heavy atom. The van der Waals surface area contributed by atoms with Gasteiger partial charge in [0.25, 0.3) is 0 Å². The topological polar surface area (TPSA) is 43.1 Å². The number of rotatable bonds is 3. The molecule has 0 N–H and O–H groups in total. The van der Waals surface area contributed by atoms with Gasteiger partial charge in [-0.25, -0.2) is 0 Å². The predicted octanol–water partition coefficient (Wildman–Crippen LogP) is 3.70. The molecule has 0 spiro atoms. The van der Waals surface area contributed by atoms with Gasteiger partial charge in [0.1, 0.15) is 5.01 Å². The van der Waals surface area contributed by atoms with Gasteiger partial charge in [0.05, 0.1) is 0 Å². The van der Waals surface area contributed by atoms with Crippen molar-refractivity contribution in [3.05, 3.63) is 45.7 Å². The lowest BCUT2D eigenvalue weighted by atomic mass is 9.86. The van der Waals surface area contributed by atoms with E-state index in [-0.39, 0.29) is 0 Å². The Morgan fingerprint density at radius 2 is 2.10 bits per heavy atom. The molecule has 2 aromatic heterocycles. The monoisotopic (exact) mass is 304 g/mol. The highest BCUT2D eigenvalue weighted by molar-refractivity contribution is 7.16. The van der Waals surface area contributed by atoms with Crippen LogP contribution in [0.15, 0.2) is 24.3 Å². The van der Waals surface area contributed by atoms with Crippen LogP contribution < -0.4 is 0 Å². The first-order chi connectivity index (χ1) is 9.81. The molecule has 0 unspecified atom stereocenters. The van der Waals surface area contributed by atoms with Crippen LogP contribution in [0.1, 0.15) is 41.6 Å². The Kier molecular flexibility index (Phi) is 2.97. The first-order valence-electron chi connectivity index (χ1n) is 6.75. The second kappa shape index (κ2) is 4.82. The normalized spacial score (nSPS) is 15.7. The molecule has 1 saturated carbocycles. The molecule has 6 heteroatoms. The molecule has 0 radical (unpaired) electrons. The molecule has 1 aromatic carbocycles. The largest absolute Gasteiger partial charge is 0.234 e. The van der Waals surface area contributed by atoms with Crippen molar-refractivity contribution < 1.29 is 0 Å². The number of nitrogens with zero attached hydrogens (tertiary/aromatic N) is 4. The first kappa shape index (κ1) is 12.3. The summed E-state index contributed by atoms with van der Waals surface area (Å²) in [5, 5.41) is 15.1. The van der Waals surface area contributed by atoms with Crippen molar-refractivity contribution in [3.63, 3.8) is 0 Å². The molecular formula is C14H13ClN4S. The number of fused-ring (bicyclic) bond motifs is 1. The van der Waals surface area contributed by atoms with Crippen LogP contribution in [0.5, 0.6) is 0 Å². The van der Waals surface area contributed by atoms with Gasteiger partial charge in [-0.05, 0) is 24.5 Å². The van der Waals surface area contributed by atoms with E-state index in [1.807, 2.05) is 28.8 Å². The number of hydrogen-bond donors (Lipinski definition) is 0. The number of hydrogen-bond acceptors (Lipinski definition) is 4. The van der Waals surface area contributed by atoms with Crippen molar-refractivity contribution in [2.45, 2.75) is 31.6 Å². The second-order valence-electron chi connectivity index (χ2n) is 5.15. The van der Waals surface area contributed by atoms with Crippen LogP contribution in [0.3, 0.4) is 0 Å². The van der Waals surface area contributed by atoms with Crippen molar-refractivity contribution >= 4 is 27.9 Å². The Labute approximate surface area is 125 Å². The molecule has 1 fully saturated rings. The average molecular weight is 305 g/mol. The van der Waals surface area contributed by atoms with Crippen LogP contribution in [0.25, 0.3) is 4.96 Å². The highest BCUT2D eigenvalue weighted by atomic mass is 35.5. The molecule has 0 aliphatic heterocycles. The lowest BCUT2D eigenvalue weighted by Crippen LogP contribution is -2.09. The molecule has 0 amide bonds. The number of halogens is 1. The molecule has 0 saturated heterocycles. The molecule has 20 heavy (non-hydrogen) atoms. The Hall–Kier alpha value is -1.46. The van der Waals surface area contributed by atoms with Gasteiger partial charge in [0.15, 0.2) is 5.82 Å². The van der Waals surface area contributed by atoms with Gasteiger partial charge in [-0.1, -0.05) is 47.6 Å². The Bertz CT molecular complexity index is 759. The third-order valence-electron chi connectivity index (χ3n) is 3.83. The summed E-state index contributed by atoms with van der Waals surface area (Å²) in [4.78, 5) is 0.883. The zero-order valence-electron chi connectivity index (χ0n) is 10.8. The van der Waals surface area contributed by atoms with Crippen LogP contribution in [-0.2, 0) is 6.42 Å². The molecule has 3 aromatic rings. The van der Waals surface area contributed by atoms with E-state index < -0.39 is 0 Å². The number of aromatic nitrogens is 4. The zero-order valence-corrected chi connectivity index (χ0v) is 12.4. The first-order valence-corrected chi connectivity index (χ1v) is 7.95. The van der Waals surface area contributed by atoms with Crippen molar-refractivity contribution in [1.29, 1.82) is 0 Å². The summed E-state index contributed by atoms with van der Waals surface area (Å²) in [5.41, 5.74) is 1.06. The van der Waals surface area contributed by atoms with E-state index in [9.17, 15) is 0 Å². The van der Waals surface area contributed by atoms with E-state index in [1.54, 1.807) is 11.3 Å². The smallest absolute Gasteiger partial charge is 0.187 e. The van der Waals surface area contributed by atoms with E-state index in [2.05, 4.69) is 15.3 Å². The molecule has 0 atom stereocenters. The minimum Gasteiger partial charge on any atom is -0.187 e. The maximum absolute atomic E-state index is 6.20. The zero-order chi connectivity index (χ0) is 13.5. The summed E-state index contributed by atoms with van der Waals surface area (Å²) in [7, 11) is 0. The van der Waals surface area contributed by atoms with Gasteiger partial charge in [-0.15, -0.1) is 10.2 Å². The second-order valence-corrected chi connectivity index (χ2v) is 6.54. The molecular weight excluding hydrogens is 292 g/mol. The van der Waals surface area contributed by atoms with E-state index >= 15 is 0 Å². The third kappa shape index (κ3) is 2.01. The van der Waals surface area contributed by atoms with Gasteiger partial charge < -0.3 is 0 Å². The summed E-state index contributed by atoms with van der Waals surface area (Å²) < 4.78 is 1.88. The highest BCUT2D eigenvalue weighted by Gasteiger charge is 2.24. The van der Waals surface area contributed by atoms with Crippen molar-refractivity contribution in [1.82, 2.24) is 19.8 Å². The summed E-state index contributed by atoms with van der Waals surface area (Å²) >= 11 is 7.87. The van der Waals surface area contributed by atoms with Gasteiger partial charge >= 0.3 is 0 Å². The fourth-order valence-corrected chi connectivity index (χ4v) is 3.64. The van der Waals surface area contributed by atoms with Gasteiger partial charge in [0, 0.05) is 17.4 Å². The standard InChI is InChI=1S/C14H13ClN4S/c15-11-7-2-1-4-10(11)8-12-16-17-14-19(12)18-13(20-14)9-5-3-6-9/h1-2,4,7,9H,3,5-6,8H2. The van der Waals surface area contributed by atoms with Crippen molar-refractivity contribution in [3.8, 4) is 0 Å². The predicted molar refractivity (Wildman–Crippen MR) is 79.5 cm³/mol. The Morgan fingerprint density at radius 3 is 2.85 bits per heavy atom. The molecule has 4 rings (SSSR count). The quantitative estimate of drug-likeness (QED) is 0.741. The maximum Gasteiger partial charge on any atom is 0.234 e. The summed E-state index contributed by atoms with van der Waals surface area (Å²) in [6.07, 6.45) is 4.49. The maximum atomic E-state index is 6.20. The molecule has 4 nitrogen and oxygen atoms in total. The summed E-state index contributed by atoms with van der Waals surface area (Å²) in [5.74, 6) is 1.49. The molecule has 1 aliphatic carbocycles. The van der Waals surface area contributed by atoms with Gasteiger partial charge in [0.2, 0.25) is 4.96 Å². The molecule has 1 aliphatic rings. The SMILES string of the molecule is Clc1ccccc1Cc1nnc2sc(C3CCC3)nn12. The summed E-state index contributed by atoms with van der Waals surface area (Å²) in [6.45, 7) is 0. The molecule has 102 valence electrons. The van der Waals surface area contributed by atoms with Crippen LogP contribution >= 0.6 is 22.9 Å². The van der Waals surface area contributed by atoms with Crippen LogP contribution in [-0.4, -0.2) is 19.8 Å². The Balaban J connectivity index is 1.69. The fourth-order valence-electron chi connectivity index (χ4n) is 2.41. The molecule has 0 bridgehead atoms. The minimum atomic E-state index is 0.634. The van der Waals surface area contributed by atoms with E-state index in [0.29, 0.717) is 12.3 Å². The average Bonchev–Trinajstić information content (AvgIpc) is 2.92. The third-order valence-corrected chi connectivity index (χ3v) is 5.26.